The lowest BCUT2D eigenvalue weighted by Gasteiger charge is -1.98. The molecule has 0 heterocycles. The van der Waals surface area contributed by atoms with Gasteiger partial charge in [-0.3, -0.25) is 0 Å². The van der Waals surface area contributed by atoms with Crippen LogP contribution in [0.3, 0.4) is 0 Å². The number of methoxy groups -OCH3 is 1. The van der Waals surface area contributed by atoms with Crippen LogP contribution in [0.15, 0.2) is 34.6 Å². The van der Waals surface area contributed by atoms with Crippen LogP contribution >= 0.6 is 11.8 Å². The van der Waals surface area contributed by atoms with Crippen LogP contribution in [0, 0.1) is 11.6 Å². The molecule has 5 heteroatoms. The van der Waals surface area contributed by atoms with Crippen LogP contribution in [0.5, 0.6) is 0 Å². The van der Waals surface area contributed by atoms with Crippen molar-refractivity contribution in [2.75, 3.05) is 7.11 Å². The van der Waals surface area contributed by atoms with Crippen LogP contribution in [-0.4, -0.2) is 13.1 Å². The second-order valence-corrected chi connectivity index (χ2v) is 3.47. The number of carbonyl (C=O) groups is 1. The lowest BCUT2D eigenvalue weighted by atomic mass is 10.3. The van der Waals surface area contributed by atoms with Crippen molar-refractivity contribution in [1.29, 1.82) is 0 Å². The lowest BCUT2D eigenvalue weighted by molar-refractivity contribution is -0.134. The number of hydrogen-bond donors (Lipinski definition) is 0. The number of halogens is 2. The van der Waals surface area contributed by atoms with Gasteiger partial charge in [0.2, 0.25) is 0 Å². The third kappa shape index (κ3) is 3.71. The topological polar surface area (TPSA) is 26.3 Å². The molecule has 80 valence electrons. The number of carbonyl (C=O) groups excluding carboxylic acids is 1. The predicted molar refractivity (Wildman–Crippen MR) is 53.4 cm³/mol. The fourth-order valence-electron chi connectivity index (χ4n) is 0.798. The first-order chi connectivity index (χ1) is 7.13. The molecule has 1 aromatic carbocycles. The van der Waals surface area contributed by atoms with Crippen molar-refractivity contribution in [3.05, 3.63) is 41.3 Å². The Labute approximate surface area is 89.9 Å². The van der Waals surface area contributed by atoms with E-state index < -0.39 is 17.6 Å². The zero-order valence-electron chi connectivity index (χ0n) is 7.87. The van der Waals surface area contributed by atoms with E-state index in [9.17, 15) is 13.6 Å². The summed E-state index contributed by atoms with van der Waals surface area (Å²) in [5.74, 6) is -1.60. The van der Waals surface area contributed by atoms with Gasteiger partial charge in [-0.1, -0.05) is 11.8 Å². The van der Waals surface area contributed by atoms with Gasteiger partial charge < -0.3 is 4.74 Å². The van der Waals surface area contributed by atoms with Gasteiger partial charge >= 0.3 is 5.97 Å². The average molecular weight is 230 g/mol. The van der Waals surface area contributed by atoms with Crippen LogP contribution in [-0.2, 0) is 9.53 Å². The van der Waals surface area contributed by atoms with Gasteiger partial charge in [-0.05, 0) is 23.6 Å². The summed E-state index contributed by atoms with van der Waals surface area (Å²) in [5, 5.41) is 1.34. The van der Waals surface area contributed by atoms with E-state index in [2.05, 4.69) is 4.74 Å². The molecule has 0 spiro atoms. The molecule has 0 aliphatic rings. The Hall–Kier alpha value is -1.36. The number of benzene rings is 1. The van der Waals surface area contributed by atoms with Gasteiger partial charge in [-0.15, -0.1) is 0 Å². The zero-order valence-corrected chi connectivity index (χ0v) is 8.68. The van der Waals surface area contributed by atoms with Gasteiger partial charge in [-0.25, -0.2) is 13.6 Å². The molecule has 0 N–H and O–H groups in total. The summed E-state index contributed by atoms with van der Waals surface area (Å²) in [5.41, 5.74) is 0. The van der Waals surface area contributed by atoms with Crippen molar-refractivity contribution in [1.82, 2.24) is 0 Å². The summed E-state index contributed by atoms with van der Waals surface area (Å²) < 4.78 is 30.1. The van der Waals surface area contributed by atoms with Gasteiger partial charge in [0, 0.05) is 6.08 Å². The number of rotatable bonds is 3. The van der Waals surface area contributed by atoms with Crippen molar-refractivity contribution in [3.63, 3.8) is 0 Å². The second kappa shape index (κ2) is 5.50. The maximum atomic E-state index is 13.0. The normalized spacial score (nSPS) is 10.6. The van der Waals surface area contributed by atoms with Crippen molar-refractivity contribution in [3.8, 4) is 0 Å². The average Bonchev–Trinajstić information content (AvgIpc) is 2.23. The minimum absolute atomic E-state index is 0.121. The number of hydrogen-bond acceptors (Lipinski definition) is 3. The molecule has 2 nitrogen and oxygen atoms in total. The van der Waals surface area contributed by atoms with Gasteiger partial charge in [0.05, 0.1) is 12.0 Å². The van der Waals surface area contributed by atoms with Crippen LogP contribution in [0.2, 0.25) is 0 Å². The van der Waals surface area contributed by atoms with Gasteiger partial charge in [-0.2, -0.15) is 0 Å². The van der Waals surface area contributed by atoms with E-state index in [4.69, 9.17) is 0 Å². The van der Waals surface area contributed by atoms with Crippen LogP contribution in [0.1, 0.15) is 0 Å². The Morgan fingerprint density at radius 2 is 2.20 bits per heavy atom. The molecule has 15 heavy (non-hydrogen) atoms. The monoisotopic (exact) mass is 230 g/mol. The molecule has 0 aliphatic carbocycles. The van der Waals surface area contributed by atoms with E-state index in [1.54, 1.807) is 0 Å². The van der Waals surface area contributed by atoms with Crippen molar-refractivity contribution in [2.24, 2.45) is 0 Å². The molecular formula is C10H8F2O2S. The maximum Gasteiger partial charge on any atom is 0.330 e. The molecule has 0 saturated carbocycles. The minimum atomic E-state index is -0.542. The highest BCUT2D eigenvalue weighted by Gasteiger charge is 2.02. The molecular weight excluding hydrogens is 222 g/mol. The van der Waals surface area contributed by atoms with Crippen molar-refractivity contribution in [2.45, 2.75) is 4.90 Å². The van der Waals surface area contributed by atoms with E-state index in [1.165, 1.54) is 12.5 Å². The molecule has 1 aromatic rings. The summed E-state index contributed by atoms with van der Waals surface area (Å²) in [4.78, 5) is 10.8. The number of ether oxygens (including phenoxy) is 1. The van der Waals surface area contributed by atoms with Crippen LogP contribution in [0.25, 0.3) is 0 Å². The zero-order chi connectivity index (χ0) is 11.3. The van der Waals surface area contributed by atoms with Gasteiger partial charge in [0.1, 0.15) is 11.6 Å². The highest BCUT2D eigenvalue weighted by Crippen LogP contribution is 2.23. The van der Waals surface area contributed by atoms with Crippen molar-refractivity contribution < 1.29 is 18.3 Å². The fraction of sp³-hybridized carbons (Fsp3) is 0.100. The third-order valence-corrected chi connectivity index (χ3v) is 2.33. The van der Waals surface area contributed by atoms with E-state index in [-0.39, 0.29) is 4.90 Å². The number of thioether (sulfide) groups is 1. The Morgan fingerprint density at radius 3 is 2.87 bits per heavy atom. The molecule has 0 fully saturated rings. The van der Waals surface area contributed by atoms with E-state index in [0.717, 1.165) is 36.0 Å². The quantitative estimate of drug-likeness (QED) is 0.453. The van der Waals surface area contributed by atoms with Crippen LogP contribution in [0.4, 0.5) is 8.78 Å². The molecule has 0 aliphatic heterocycles. The Kier molecular flexibility index (Phi) is 4.30. The van der Waals surface area contributed by atoms with E-state index >= 15 is 0 Å². The standard InChI is InChI=1S/C10H8F2O2S/c1-14-10(13)4-5-15-9-6-7(11)2-3-8(9)12/h2-6H,1H3. The third-order valence-electron chi connectivity index (χ3n) is 1.49. The SMILES string of the molecule is COC(=O)C=CSc1cc(F)ccc1F. The highest BCUT2D eigenvalue weighted by molar-refractivity contribution is 8.02. The summed E-state index contributed by atoms with van der Waals surface area (Å²) in [6.45, 7) is 0. The van der Waals surface area contributed by atoms with Crippen molar-refractivity contribution >= 4 is 17.7 Å². The van der Waals surface area contributed by atoms with E-state index in [0.29, 0.717) is 0 Å². The Balaban J connectivity index is 2.68. The summed E-state index contributed by atoms with van der Waals surface area (Å²) in [7, 11) is 1.24. The van der Waals surface area contributed by atoms with Gasteiger partial charge in [0.15, 0.2) is 0 Å². The molecule has 1 rings (SSSR count). The molecule has 0 radical (unpaired) electrons. The second-order valence-electron chi connectivity index (χ2n) is 2.52. The lowest BCUT2D eigenvalue weighted by Crippen LogP contribution is -1.92. The smallest absolute Gasteiger partial charge is 0.330 e. The summed E-state index contributed by atoms with van der Waals surface area (Å²) in [6.07, 6.45) is 1.13. The first-order valence-corrected chi connectivity index (χ1v) is 4.87. The molecule has 0 saturated heterocycles. The molecule has 0 atom stereocenters. The number of esters is 1. The molecule has 0 aromatic heterocycles. The summed E-state index contributed by atoms with van der Waals surface area (Å²) in [6, 6.07) is 3.12. The summed E-state index contributed by atoms with van der Waals surface area (Å²) >= 11 is 0.909. The van der Waals surface area contributed by atoms with E-state index in [1.807, 2.05) is 0 Å². The fourth-order valence-corrected chi connectivity index (χ4v) is 1.49. The van der Waals surface area contributed by atoms with Crippen LogP contribution < -0.4 is 0 Å². The molecule has 0 unspecified atom stereocenters. The molecule has 0 amide bonds. The Morgan fingerprint density at radius 1 is 1.47 bits per heavy atom. The Bertz CT molecular complexity index is 391. The first-order valence-electron chi connectivity index (χ1n) is 3.99. The maximum absolute atomic E-state index is 13.0. The highest BCUT2D eigenvalue weighted by atomic mass is 32.2. The first kappa shape index (κ1) is 11.7. The van der Waals surface area contributed by atoms with Gasteiger partial charge in [0.25, 0.3) is 0 Å². The molecule has 0 bridgehead atoms. The largest absolute Gasteiger partial charge is 0.466 e. The minimum Gasteiger partial charge on any atom is -0.466 e. The predicted octanol–water partition coefficient (Wildman–Crippen LogP) is 2.74.